The maximum absolute atomic E-state index is 13.5. The van der Waals surface area contributed by atoms with Crippen molar-refractivity contribution in [2.75, 3.05) is 52.6 Å². The number of hydrogen-bond donors (Lipinski definition) is 6. The normalized spacial score (nSPS) is 26.2. The van der Waals surface area contributed by atoms with Crippen LogP contribution in [0.4, 0.5) is 5.69 Å². The van der Waals surface area contributed by atoms with Crippen LogP contribution in [0.3, 0.4) is 0 Å². The molecule has 4 aromatic rings. The van der Waals surface area contributed by atoms with Gasteiger partial charge in [0.05, 0.1) is 51.2 Å². The number of aromatic hydroxyl groups is 1. The summed E-state index contributed by atoms with van der Waals surface area (Å²) in [5, 5.41) is 54.1. The SMILES string of the molecule is CCNCOc1cc(OC)c2c3c1[C@H](O)Nc1cc4c(c(c1-3)CC2)[C@@H](O)[C@H](c1cc(OC)c(O)c(OC[C@H](CO)[C@@]23C[C@@H](C5(N6C(=O)C=CC6=O)CCCCC5)CC[C@@H]2CCc2ccccc23)c1)CO4. The summed E-state index contributed by atoms with van der Waals surface area (Å²) in [6.45, 7) is 2.95. The Morgan fingerprint density at radius 3 is 2.34 bits per heavy atom. The van der Waals surface area contributed by atoms with E-state index in [-0.39, 0.29) is 67.5 Å². The van der Waals surface area contributed by atoms with Gasteiger partial charge in [-0.2, -0.15) is 0 Å². The van der Waals surface area contributed by atoms with E-state index in [0.717, 1.165) is 80.0 Å². The number of hydrogen-bond acceptors (Lipinski definition) is 13. The van der Waals surface area contributed by atoms with Crippen LogP contribution in [-0.2, 0) is 34.3 Å². The molecule has 4 aliphatic carbocycles. The van der Waals surface area contributed by atoms with E-state index in [0.29, 0.717) is 65.4 Å². The number of phenols is 1. The summed E-state index contributed by atoms with van der Waals surface area (Å²) in [4.78, 5) is 28.7. The van der Waals surface area contributed by atoms with E-state index >= 15 is 0 Å². The van der Waals surface area contributed by atoms with E-state index in [1.165, 1.54) is 30.4 Å². The van der Waals surface area contributed by atoms with Gasteiger partial charge in [0.2, 0.25) is 5.75 Å². The van der Waals surface area contributed by atoms with E-state index in [2.05, 4.69) is 34.9 Å². The predicted molar refractivity (Wildman–Crippen MR) is 262 cm³/mol. The second kappa shape index (κ2) is 18.4. The second-order valence-electron chi connectivity index (χ2n) is 20.5. The molecule has 4 aromatic carbocycles. The quantitative estimate of drug-likeness (QED) is 0.0411. The Labute approximate surface area is 408 Å². The molecule has 0 bridgehead atoms. The van der Waals surface area contributed by atoms with Crippen molar-refractivity contribution in [3.63, 3.8) is 0 Å². The number of fused-ring (bicyclic) bond motifs is 5. The minimum Gasteiger partial charge on any atom is -0.502 e. The number of rotatable bonds is 14. The van der Waals surface area contributed by atoms with E-state index in [4.69, 9.17) is 23.7 Å². The third-order valence-corrected chi connectivity index (χ3v) is 17.5. The van der Waals surface area contributed by atoms with Crippen LogP contribution in [-0.4, -0.2) is 90.0 Å². The van der Waals surface area contributed by atoms with Crippen LogP contribution in [0.1, 0.15) is 122 Å². The lowest BCUT2D eigenvalue weighted by atomic mass is 9.48. The third-order valence-electron chi connectivity index (χ3n) is 17.5. The fraction of sp³-hybridized carbons (Fsp3) is 0.500. The maximum atomic E-state index is 13.5. The van der Waals surface area contributed by atoms with Gasteiger partial charge in [-0.15, -0.1) is 0 Å². The Balaban J connectivity index is 0.934. The molecule has 0 aromatic heterocycles. The molecule has 11 rings (SSSR count). The molecule has 0 radical (unpaired) electrons. The number of carbonyl (C=O) groups is 2. The number of amides is 2. The monoisotopic (exact) mass is 955 g/mol. The Morgan fingerprint density at radius 1 is 0.843 bits per heavy atom. The van der Waals surface area contributed by atoms with Gasteiger partial charge in [0.1, 0.15) is 24.0 Å². The van der Waals surface area contributed by atoms with Crippen LogP contribution >= 0.6 is 0 Å². The van der Waals surface area contributed by atoms with Crippen molar-refractivity contribution in [2.45, 2.75) is 113 Å². The van der Waals surface area contributed by atoms with Gasteiger partial charge in [-0.25, -0.2) is 0 Å². The predicted octanol–water partition coefficient (Wildman–Crippen LogP) is 7.66. The van der Waals surface area contributed by atoms with Gasteiger partial charge in [-0.1, -0.05) is 50.5 Å². The highest BCUT2D eigenvalue weighted by atomic mass is 16.5. The average molecular weight is 956 g/mol. The van der Waals surface area contributed by atoms with Crippen molar-refractivity contribution >= 4 is 17.5 Å². The Morgan fingerprint density at radius 2 is 1.59 bits per heavy atom. The number of anilines is 1. The molecule has 2 fully saturated rings. The van der Waals surface area contributed by atoms with Gasteiger partial charge in [-0.3, -0.25) is 19.8 Å². The molecule has 0 spiro atoms. The molecule has 3 heterocycles. The lowest BCUT2D eigenvalue weighted by Gasteiger charge is -2.59. The summed E-state index contributed by atoms with van der Waals surface area (Å²) in [5.74, 6) is 0.622. The van der Waals surface area contributed by atoms with Crippen molar-refractivity contribution in [3.8, 4) is 45.6 Å². The molecule has 6 N–H and O–H groups in total. The number of imide groups is 1. The first kappa shape index (κ1) is 46.6. The molecule has 3 aliphatic heterocycles. The number of nitrogens with one attached hydrogen (secondary N) is 2. The summed E-state index contributed by atoms with van der Waals surface area (Å²) in [6, 6.07) is 15.7. The Kier molecular flexibility index (Phi) is 12.3. The Hall–Kier alpha value is -5.80. The summed E-state index contributed by atoms with van der Waals surface area (Å²) in [7, 11) is 3.12. The van der Waals surface area contributed by atoms with Gasteiger partial charge >= 0.3 is 0 Å². The van der Waals surface area contributed by atoms with E-state index in [1.54, 1.807) is 24.1 Å². The number of ether oxygens (including phenoxy) is 5. The van der Waals surface area contributed by atoms with E-state index in [9.17, 15) is 30.0 Å². The molecule has 14 nitrogen and oxygen atoms in total. The lowest BCUT2D eigenvalue weighted by molar-refractivity contribution is -0.152. The van der Waals surface area contributed by atoms with Crippen LogP contribution in [0.5, 0.6) is 34.5 Å². The summed E-state index contributed by atoms with van der Waals surface area (Å²) >= 11 is 0. The fourth-order valence-electron chi connectivity index (χ4n) is 14.3. The molecular weight excluding hydrogens is 891 g/mol. The molecule has 2 saturated carbocycles. The standard InChI is InChI=1S/C56H65N3O11/c1-4-57-30-70-43-25-41(66-2)36-16-17-37-48-40(58-54(65)51(43)50(36)48)24-42-49(37)52(63)38(29-69-42)32-22-44(67-3)53(64)45(23-32)68-28-35(27-60)56-26-34(15-14-33(56)13-12-31-10-6-7-11-39(31)56)55(20-8-5-9-21-55)59-46(61)18-19-47(59)62/h6-7,10-11,18-19,22-25,33-35,38,52,54,57-58,60,63-65H,4-5,8-9,12-17,20-21,26-30H2,1-3H3/t33-,34-,35-,38-,52-,54-,56+/m0/s1. The summed E-state index contributed by atoms with van der Waals surface area (Å²) in [6.07, 6.45) is 10.8. The smallest absolute Gasteiger partial charge is 0.254 e. The number of aryl methyl sites for hydroxylation is 1. The molecule has 14 heteroatoms. The van der Waals surface area contributed by atoms with E-state index in [1.807, 2.05) is 19.1 Å². The number of nitrogens with zero attached hydrogens (tertiary/aromatic N) is 1. The first-order valence-electron chi connectivity index (χ1n) is 25.4. The Bertz CT molecular complexity index is 2730. The van der Waals surface area contributed by atoms with Crippen molar-refractivity contribution in [1.82, 2.24) is 10.2 Å². The molecule has 2 amide bonds. The zero-order valence-electron chi connectivity index (χ0n) is 40.4. The molecule has 70 heavy (non-hydrogen) atoms. The minimum absolute atomic E-state index is 0.0156. The van der Waals surface area contributed by atoms with Gasteiger partial charge in [-0.05, 0) is 111 Å². The van der Waals surface area contributed by atoms with Crippen LogP contribution in [0, 0.1) is 17.8 Å². The van der Waals surface area contributed by atoms with Crippen LogP contribution < -0.4 is 34.3 Å². The molecule has 7 aliphatic rings. The highest BCUT2D eigenvalue weighted by molar-refractivity contribution is 6.13. The number of methoxy groups -OCH3 is 2. The average Bonchev–Trinajstić information content (AvgIpc) is 3.73. The zero-order chi connectivity index (χ0) is 48.5. The molecule has 7 atom stereocenters. The second-order valence-corrected chi connectivity index (χ2v) is 20.5. The van der Waals surface area contributed by atoms with Gasteiger partial charge < -0.3 is 49.4 Å². The third kappa shape index (κ3) is 7.25. The van der Waals surface area contributed by atoms with Crippen LogP contribution in [0.15, 0.2) is 60.7 Å². The molecule has 370 valence electrons. The first-order valence-corrected chi connectivity index (χ1v) is 25.4. The topological polar surface area (TPSA) is 189 Å². The van der Waals surface area contributed by atoms with Crippen molar-refractivity contribution in [1.29, 1.82) is 0 Å². The number of aliphatic hydroxyl groups excluding tert-OH is 3. The van der Waals surface area contributed by atoms with Crippen molar-refractivity contribution in [3.05, 3.63) is 99.6 Å². The number of benzene rings is 4. The van der Waals surface area contributed by atoms with Gasteiger partial charge in [0.15, 0.2) is 17.7 Å². The number of carbonyl (C=O) groups excluding carboxylic acids is 2. The summed E-state index contributed by atoms with van der Waals surface area (Å²) in [5.41, 5.74) is 7.48. The van der Waals surface area contributed by atoms with E-state index < -0.39 is 35.1 Å². The molecule has 0 unspecified atom stereocenters. The fourth-order valence-corrected chi connectivity index (χ4v) is 14.3. The number of phenolic OH excluding ortho intramolecular Hbond substituents is 1. The minimum atomic E-state index is -1.06. The number of aliphatic hydroxyl groups is 3. The first-order chi connectivity index (χ1) is 34.1. The van der Waals surface area contributed by atoms with Crippen molar-refractivity contribution < 1.29 is 53.7 Å². The lowest BCUT2D eigenvalue weighted by Crippen LogP contribution is -2.62. The molecule has 0 saturated heterocycles. The summed E-state index contributed by atoms with van der Waals surface area (Å²) < 4.78 is 31.1. The van der Waals surface area contributed by atoms with Crippen LogP contribution in [0.25, 0.3) is 11.1 Å². The largest absolute Gasteiger partial charge is 0.502 e. The maximum Gasteiger partial charge on any atom is 0.254 e. The highest BCUT2D eigenvalue weighted by Crippen LogP contribution is 2.61. The van der Waals surface area contributed by atoms with Gasteiger partial charge in [0, 0.05) is 69.5 Å². The van der Waals surface area contributed by atoms with Crippen molar-refractivity contribution in [2.24, 2.45) is 17.8 Å². The van der Waals surface area contributed by atoms with Gasteiger partial charge in [0.25, 0.3) is 11.8 Å². The molecular formula is C56H65N3O11. The zero-order valence-corrected chi connectivity index (χ0v) is 40.4. The van der Waals surface area contributed by atoms with Crippen LogP contribution in [0.2, 0.25) is 0 Å². The highest BCUT2D eigenvalue weighted by Gasteiger charge is 2.59.